The van der Waals surface area contributed by atoms with Crippen molar-refractivity contribution in [3.05, 3.63) is 17.0 Å². The van der Waals surface area contributed by atoms with Crippen molar-refractivity contribution in [2.24, 2.45) is 17.8 Å². The number of rotatable bonds is 8. The van der Waals surface area contributed by atoms with Gasteiger partial charge in [-0.1, -0.05) is 11.6 Å². The summed E-state index contributed by atoms with van der Waals surface area (Å²) in [6.07, 6.45) is 5.62. The van der Waals surface area contributed by atoms with Crippen LogP contribution in [-0.4, -0.2) is 23.1 Å². The Morgan fingerprint density at radius 1 is 1.30 bits per heavy atom. The van der Waals surface area contributed by atoms with Gasteiger partial charge < -0.3 is 10.1 Å². The van der Waals surface area contributed by atoms with Crippen molar-refractivity contribution in [2.75, 3.05) is 18.5 Å². The molecule has 0 aliphatic heterocycles. The Bertz CT molecular complexity index is 448. The maximum Gasteiger partial charge on any atom is 0.158 e. The number of hydrogen-bond donors (Lipinski definition) is 1. The summed E-state index contributed by atoms with van der Waals surface area (Å²) in [5.41, 5.74) is 0. The summed E-state index contributed by atoms with van der Waals surface area (Å²) in [7, 11) is 0. The van der Waals surface area contributed by atoms with Crippen LogP contribution >= 0.6 is 11.6 Å². The van der Waals surface area contributed by atoms with E-state index >= 15 is 0 Å². The van der Waals surface area contributed by atoms with Crippen molar-refractivity contribution in [1.29, 1.82) is 0 Å². The standard InChI is InChI=1S/C15H22ClN3O/c1-2-20-9-15-18-13(16)7-14(19-15)17-8-12(10-3-4-10)11-5-6-11/h7,10-12H,2-6,8-9H2,1H3,(H,17,18,19). The molecule has 0 bridgehead atoms. The molecule has 20 heavy (non-hydrogen) atoms. The molecule has 1 aromatic rings. The number of aromatic nitrogens is 2. The van der Waals surface area contributed by atoms with E-state index in [0.29, 0.717) is 24.2 Å². The summed E-state index contributed by atoms with van der Waals surface area (Å²) in [5.74, 6) is 4.17. The average molecular weight is 296 g/mol. The molecule has 0 saturated heterocycles. The average Bonchev–Trinajstić information content (AvgIpc) is 3.28. The van der Waals surface area contributed by atoms with Crippen LogP contribution in [0.5, 0.6) is 0 Å². The van der Waals surface area contributed by atoms with Crippen molar-refractivity contribution < 1.29 is 4.74 Å². The van der Waals surface area contributed by atoms with Crippen molar-refractivity contribution >= 4 is 17.4 Å². The number of hydrogen-bond acceptors (Lipinski definition) is 4. The van der Waals surface area contributed by atoms with E-state index in [0.717, 1.165) is 30.1 Å². The minimum atomic E-state index is 0.417. The van der Waals surface area contributed by atoms with E-state index in [1.165, 1.54) is 25.7 Å². The minimum Gasteiger partial charge on any atom is -0.374 e. The van der Waals surface area contributed by atoms with Crippen molar-refractivity contribution in [3.8, 4) is 0 Å². The molecule has 1 aromatic heterocycles. The molecule has 1 heterocycles. The van der Waals surface area contributed by atoms with Crippen LogP contribution in [0.1, 0.15) is 38.4 Å². The van der Waals surface area contributed by atoms with Gasteiger partial charge in [-0.2, -0.15) is 0 Å². The van der Waals surface area contributed by atoms with E-state index in [1.54, 1.807) is 6.07 Å². The first-order valence-electron chi connectivity index (χ1n) is 7.61. The first-order chi connectivity index (χ1) is 9.76. The van der Waals surface area contributed by atoms with Crippen LogP contribution < -0.4 is 5.32 Å². The second kappa shape index (κ2) is 6.27. The van der Waals surface area contributed by atoms with Crippen LogP contribution in [0.15, 0.2) is 6.07 Å². The Kier molecular flexibility index (Phi) is 4.41. The van der Waals surface area contributed by atoms with E-state index < -0.39 is 0 Å². The van der Waals surface area contributed by atoms with Gasteiger partial charge in [0.25, 0.3) is 0 Å². The lowest BCUT2D eigenvalue weighted by Crippen LogP contribution is -2.19. The normalized spacial score (nSPS) is 18.6. The van der Waals surface area contributed by atoms with E-state index in [-0.39, 0.29) is 0 Å². The lowest BCUT2D eigenvalue weighted by Gasteiger charge is -2.17. The van der Waals surface area contributed by atoms with Crippen LogP contribution in [-0.2, 0) is 11.3 Å². The molecule has 0 radical (unpaired) electrons. The fourth-order valence-corrected chi connectivity index (χ4v) is 3.00. The number of halogens is 1. The highest BCUT2D eigenvalue weighted by Gasteiger charge is 2.41. The molecule has 2 saturated carbocycles. The first-order valence-corrected chi connectivity index (χ1v) is 7.99. The Morgan fingerprint density at radius 3 is 2.60 bits per heavy atom. The van der Waals surface area contributed by atoms with Gasteiger partial charge in [0.15, 0.2) is 5.82 Å². The molecular formula is C15H22ClN3O. The second-order valence-corrected chi connectivity index (χ2v) is 6.24. The fourth-order valence-electron chi connectivity index (χ4n) is 2.80. The number of ether oxygens (including phenoxy) is 1. The topological polar surface area (TPSA) is 47.0 Å². The molecule has 0 unspecified atom stereocenters. The van der Waals surface area contributed by atoms with Gasteiger partial charge in [-0.05, 0) is 50.4 Å². The number of anilines is 1. The van der Waals surface area contributed by atoms with Crippen molar-refractivity contribution in [3.63, 3.8) is 0 Å². The van der Waals surface area contributed by atoms with Crippen LogP contribution in [0.25, 0.3) is 0 Å². The second-order valence-electron chi connectivity index (χ2n) is 5.85. The maximum absolute atomic E-state index is 6.05. The third-order valence-corrected chi connectivity index (χ3v) is 4.34. The van der Waals surface area contributed by atoms with Gasteiger partial charge in [-0.25, -0.2) is 9.97 Å². The van der Waals surface area contributed by atoms with Gasteiger partial charge in [0.2, 0.25) is 0 Å². The SMILES string of the molecule is CCOCc1nc(Cl)cc(NCC(C2CC2)C2CC2)n1. The third-order valence-electron chi connectivity index (χ3n) is 4.15. The molecule has 2 fully saturated rings. The largest absolute Gasteiger partial charge is 0.374 e. The summed E-state index contributed by atoms with van der Waals surface area (Å²) in [4.78, 5) is 8.65. The van der Waals surface area contributed by atoms with E-state index in [2.05, 4.69) is 15.3 Å². The molecule has 4 nitrogen and oxygen atoms in total. The van der Waals surface area contributed by atoms with Gasteiger partial charge in [0, 0.05) is 19.2 Å². The predicted octanol–water partition coefficient (Wildman–Crippen LogP) is 3.51. The van der Waals surface area contributed by atoms with E-state index in [1.807, 2.05) is 6.92 Å². The number of nitrogens with one attached hydrogen (secondary N) is 1. The molecule has 2 aliphatic rings. The summed E-state index contributed by atoms with van der Waals surface area (Å²) < 4.78 is 5.34. The Labute approximate surface area is 125 Å². The first kappa shape index (κ1) is 14.1. The van der Waals surface area contributed by atoms with Crippen molar-refractivity contribution in [2.45, 2.75) is 39.2 Å². The Balaban J connectivity index is 1.59. The highest BCUT2D eigenvalue weighted by molar-refractivity contribution is 6.29. The highest BCUT2D eigenvalue weighted by atomic mass is 35.5. The summed E-state index contributed by atoms with van der Waals surface area (Å²) in [6, 6.07) is 1.80. The molecule has 0 atom stereocenters. The van der Waals surface area contributed by atoms with Gasteiger partial charge in [0.1, 0.15) is 17.6 Å². The van der Waals surface area contributed by atoms with E-state index in [9.17, 15) is 0 Å². The van der Waals surface area contributed by atoms with Gasteiger partial charge in [-0.15, -0.1) is 0 Å². The molecule has 0 aromatic carbocycles. The number of nitrogens with zero attached hydrogens (tertiary/aromatic N) is 2. The fraction of sp³-hybridized carbons (Fsp3) is 0.733. The molecule has 0 spiro atoms. The smallest absolute Gasteiger partial charge is 0.158 e. The molecule has 5 heteroatoms. The third kappa shape index (κ3) is 3.83. The lowest BCUT2D eigenvalue weighted by atomic mass is 9.98. The lowest BCUT2D eigenvalue weighted by molar-refractivity contribution is 0.128. The zero-order chi connectivity index (χ0) is 13.9. The molecule has 1 N–H and O–H groups in total. The Morgan fingerprint density at radius 2 is 2.00 bits per heavy atom. The summed E-state index contributed by atoms with van der Waals surface area (Å²) >= 11 is 6.05. The molecule has 2 aliphatic carbocycles. The van der Waals surface area contributed by atoms with Crippen LogP contribution in [0.4, 0.5) is 5.82 Å². The minimum absolute atomic E-state index is 0.417. The van der Waals surface area contributed by atoms with E-state index in [4.69, 9.17) is 16.3 Å². The van der Waals surface area contributed by atoms with Gasteiger partial charge in [-0.3, -0.25) is 0 Å². The quantitative estimate of drug-likeness (QED) is 0.746. The maximum atomic E-state index is 6.05. The van der Waals surface area contributed by atoms with Crippen molar-refractivity contribution in [1.82, 2.24) is 9.97 Å². The molecule has 3 rings (SSSR count). The van der Waals surface area contributed by atoms with Crippen LogP contribution in [0.3, 0.4) is 0 Å². The van der Waals surface area contributed by atoms with Crippen LogP contribution in [0.2, 0.25) is 5.15 Å². The van der Waals surface area contributed by atoms with Gasteiger partial charge >= 0.3 is 0 Å². The molecular weight excluding hydrogens is 274 g/mol. The Hall–Kier alpha value is -0.870. The summed E-state index contributed by atoms with van der Waals surface area (Å²) in [6.45, 7) is 4.04. The predicted molar refractivity (Wildman–Crippen MR) is 79.8 cm³/mol. The molecule has 0 amide bonds. The molecule has 110 valence electrons. The highest BCUT2D eigenvalue weighted by Crippen LogP contribution is 2.49. The summed E-state index contributed by atoms with van der Waals surface area (Å²) in [5, 5.41) is 3.93. The zero-order valence-corrected chi connectivity index (χ0v) is 12.7. The zero-order valence-electron chi connectivity index (χ0n) is 11.9. The van der Waals surface area contributed by atoms with Crippen LogP contribution in [0, 0.1) is 17.8 Å². The monoisotopic (exact) mass is 295 g/mol. The van der Waals surface area contributed by atoms with Gasteiger partial charge in [0.05, 0.1) is 0 Å².